The number of benzene rings is 2. The lowest BCUT2D eigenvalue weighted by molar-refractivity contribution is -0.117. The van der Waals surface area contributed by atoms with E-state index in [-0.39, 0.29) is 28.3 Å². The molecule has 2 heterocycles. The highest BCUT2D eigenvalue weighted by molar-refractivity contribution is 8.24. The molecule has 1 aromatic heterocycles. The Kier molecular flexibility index (Phi) is 6.45. The van der Waals surface area contributed by atoms with Crippen molar-refractivity contribution in [3.63, 3.8) is 0 Å². The fourth-order valence-corrected chi connectivity index (χ4v) is 5.58. The molecule has 3 N–H and O–H groups in total. The minimum atomic E-state index is -3.74. The van der Waals surface area contributed by atoms with Gasteiger partial charge in [-0.05, 0) is 41.5 Å². The van der Waals surface area contributed by atoms with E-state index in [4.69, 9.17) is 0 Å². The van der Waals surface area contributed by atoms with Crippen LogP contribution in [0.3, 0.4) is 0 Å². The molecule has 0 saturated carbocycles. The van der Waals surface area contributed by atoms with E-state index in [1.54, 1.807) is 0 Å². The second-order valence-corrected chi connectivity index (χ2v) is 10.00. The highest BCUT2D eigenvalue weighted by atomic mass is 32.3. The average Bonchev–Trinajstić information content (AvgIpc) is 2.81. The van der Waals surface area contributed by atoms with Crippen molar-refractivity contribution in [2.24, 2.45) is 7.05 Å². The second-order valence-electron chi connectivity index (χ2n) is 7.99. The molecule has 1 amide bonds. The number of hydrogen-bond acceptors (Lipinski definition) is 5. The van der Waals surface area contributed by atoms with E-state index < -0.39 is 57.5 Å². The number of aromatic nitrogens is 2. The van der Waals surface area contributed by atoms with Crippen molar-refractivity contribution in [1.29, 1.82) is 0 Å². The van der Waals surface area contributed by atoms with Crippen LogP contribution >= 0.6 is 10.6 Å². The van der Waals surface area contributed by atoms with Crippen LogP contribution in [0.25, 0.3) is 6.08 Å². The van der Waals surface area contributed by atoms with Crippen LogP contribution < -0.4 is 16.6 Å². The number of carbonyl (C=O) groups is 1. The van der Waals surface area contributed by atoms with Crippen molar-refractivity contribution in [2.45, 2.75) is 18.1 Å². The van der Waals surface area contributed by atoms with Crippen molar-refractivity contribution in [1.82, 2.24) is 14.5 Å². The van der Waals surface area contributed by atoms with E-state index in [1.807, 2.05) is 0 Å². The van der Waals surface area contributed by atoms with Crippen LogP contribution in [0.5, 0.6) is 0 Å². The molecule has 0 atom stereocenters. The van der Waals surface area contributed by atoms with Crippen LogP contribution in [-0.4, -0.2) is 29.9 Å². The van der Waals surface area contributed by atoms with Gasteiger partial charge in [-0.15, -0.1) is 10.6 Å². The summed E-state index contributed by atoms with van der Waals surface area (Å²) in [5.41, 5.74) is -1.46. The zero-order valence-corrected chi connectivity index (χ0v) is 19.1. The molecule has 1 aliphatic heterocycles. The summed E-state index contributed by atoms with van der Waals surface area (Å²) in [5.74, 6) is -3.88. The van der Waals surface area contributed by atoms with Crippen molar-refractivity contribution >= 4 is 22.6 Å². The van der Waals surface area contributed by atoms with Gasteiger partial charge in [-0.3, -0.25) is 27.8 Å². The molecule has 0 saturated heterocycles. The fourth-order valence-electron chi connectivity index (χ4n) is 3.78. The number of nitrogens with one attached hydrogen (secondary N) is 1. The maximum atomic E-state index is 13.6. The summed E-state index contributed by atoms with van der Waals surface area (Å²) in [7, 11) is -2.50. The molecule has 0 spiro atoms. The smallest absolute Gasteiger partial charge is 0.332 e. The fraction of sp³-hybridized carbons (Fsp3) is 0.174. The van der Waals surface area contributed by atoms with Gasteiger partial charge in [0.2, 0.25) is 5.91 Å². The van der Waals surface area contributed by atoms with Crippen LogP contribution in [0, 0.1) is 17.5 Å². The van der Waals surface area contributed by atoms with Gasteiger partial charge in [-0.2, -0.15) is 0 Å². The Morgan fingerprint density at radius 1 is 1.03 bits per heavy atom. The van der Waals surface area contributed by atoms with E-state index >= 15 is 0 Å². The SMILES string of the molecule is Cn1c2c(c(=O)n(Cc3ccc(F)c(F)c3)c1=O)C=C(C(=O)NCc1ccc(F)cc1)CS2(O)O. The number of amides is 1. The van der Waals surface area contributed by atoms with E-state index in [0.29, 0.717) is 5.56 Å². The lowest BCUT2D eigenvalue weighted by Gasteiger charge is -2.37. The van der Waals surface area contributed by atoms with Crippen molar-refractivity contribution in [3.8, 4) is 0 Å². The highest BCUT2D eigenvalue weighted by Gasteiger charge is 2.34. The summed E-state index contributed by atoms with van der Waals surface area (Å²) < 4.78 is 63.0. The van der Waals surface area contributed by atoms with E-state index in [2.05, 4.69) is 5.32 Å². The zero-order valence-electron chi connectivity index (χ0n) is 18.3. The Labute approximate surface area is 198 Å². The van der Waals surface area contributed by atoms with Crippen LogP contribution in [-0.2, 0) is 24.9 Å². The predicted octanol–water partition coefficient (Wildman–Crippen LogP) is 2.84. The summed E-state index contributed by atoms with van der Waals surface area (Å²) >= 11 is 0. The van der Waals surface area contributed by atoms with Gasteiger partial charge >= 0.3 is 5.69 Å². The van der Waals surface area contributed by atoms with Crippen molar-refractivity contribution in [3.05, 3.63) is 103 Å². The molecule has 35 heavy (non-hydrogen) atoms. The van der Waals surface area contributed by atoms with Gasteiger partial charge < -0.3 is 5.32 Å². The van der Waals surface area contributed by atoms with Gasteiger partial charge in [0, 0.05) is 19.2 Å². The average molecular weight is 507 g/mol. The third-order valence-corrected chi connectivity index (χ3v) is 7.32. The normalized spacial score (nSPS) is 15.2. The van der Waals surface area contributed by atoms with Gasteiger partial charge in [0.05, 0.1) is 17.9 Å². The predicted molar refractivity (Wildman–Crippen MR) is 124 cm³/mol. The molecular weight excluding hydrogens is 487 g/mol. The van der Waals surface area contributed by atoms with Gasteiger partial charge in [-0.1, -0.05) is 18.2 Å². The molecule has 4 rings (SSSR count). The first kappa shape index (κ1) is 24.5. The first-order valence-corrected chi connectivity index (χ1v) is 12.0. The van der Waals surface area contributed by atoms with Gasteiger partial charge in [-0.25, -0.2) is 18.0 Å². The molecule has 0 fully saturated rings. The molecular formula is C23H20F3N3O5S. The quantitative estimate of drug-likeness (QED) is 0.460. The van der Waals surface area contributed by atoms with E-state index in [1.165, 1.54) is 43.5 Å². The van der Waals surface area contributed by atoms with Gasteiger partial charge in [0.1, 0.15) is 10.8 Å². The van der Waals surface area contributed by atoms with E-state index in [9.17, 15) is 36.7 Å². The molecule has 0 aliphatic carbocycles. The second kappa shape index (κ2) is 9.21. The molecule has 0 unspecified atom stereocenters. The lowest BCUT2D eigenvalue weighted by Crippen LogP contribution is -2.44. The number of rotatable bonds is 5. The molecule has 184 valence electrons. The molecule has 12 heteroatoms. The summed E-state index contributed by atoms with van der Waals surface area (Å²) in [4.78, 5) is 38.7. The minimum Gasteiger partial charge on any atom is -0.348 e. The zero-order chi connectivity index (χ0) is 25.5. The summed E-state index contributed by atoms with van der Waals surface area (Å²) in [6.45, 7) is -0.384. The molecule has 8 nitrogen and oxygen atoms in total. The van der Waals surface area contributed by atoms with E-state index in [0.717, 1.165) is 21.3 Å². The largest absolute Gasteiger partial charge is 0.348 e. The van der Waals surface area contributed by atoms with Crippen molar-refractivity contribution < 1.29 is 27.1 Å². The molecule has 0 radical (unpaired) electrons. The number of nitrogens with zero attached hydrogens (tertiary/aromatic N) is 2. The standard InChI is InChI=1S/C23H20F3N3O5S/c1-28-22-17(21(31)29(23(28)32)11-14-4-7-18(25)19(26)8-14)9-15(12-35(22,33)34)20(30)27-10-13-2-5-16(24)6-3-13/h2-9,33-34H,10-12H2,1H3,(H,27,30). The molecule has 1 aliphatic rings. The minimum absolute atomic E-state index is 0.0239. The first-order chi connectivity index (χ1) is 16.5. The Balaban J connectivity index is 1.72. The number of carbonyl (C=O) groups excluding carboxylic acids is 1. The maximum absolute atomic E-state index is 13.6. The van der Waals surface area contributed by atoms with Crippen LogP contribution in [0.1, 0.15) is 16.7 Å². The monoisotopic (exact) mass is 507 g/mol. The first-order valence-electron chi connectivity index (χ1n) is 10.2. The molecule has 0 bridgehead atoms. The van der Waals surface area contributed by atoms with Crippen LogP contribution in [0.2, 0.25) is 0 Å². The third-order valence-electron chi connectivity index (χ3n) is 5.50. The topological polar surface area (TPSA) is 114 Å². The Morgan fingerprint density at radius 2 is 1.69 bits per heavy atom. The lowest BCUT2D eigenvalue weighted by atomic mass is 10.1. The van der Waals surface area contributed by atoms with Crippen molar-refractivity contribution in [2.75, 3.05) is 5.75 Å². The van der Waals surface area contributed by atoms with Gasteiger partial charge in [0.15, 0.2) is 11.6 Å². The summed E-state index contributed by atoms with van der Waals surface area (Å²) in [5, 5.41) is 2.26. The van der Waals surface area contributed by atoms with Crippen LogP contribution in [0.4, 0.5) is 13.2 Å². The summed E-state index contributed by atoms with van der Waals surface area (Å²) in [6, 6.07) is 8.31. The number of halogens is 3. The maximum Gasteiger partial charge on any atom is 0.332 e. The third kappa shape index (κ3) is 4.81. The number of fused-ring (bicyclic) bond motifs is 1. The highest BCUT2D eigenvalue weighted by Crippen LogP contribution is 2.52. The summed E-state index contributed by atoms with van der Waals surface area (Å²) in [6.07, 6.45) is 1.18. The van der Waals surface area contributed by atoms with Gasteiger partial charge in [0.25, 0.3) is 5.56 Å². The number of hydrogen-bond donors (Lipinski definition) is 3. The Morgan fingerprint density at radius 3 is 2.34 bits per heavy atom. The Bertz CT molecular complexity index is 1480. The van der Waals surface area contributed by atoms with Crippen LogP contribution in [0.15, 0.2) is 62.7 Å². The Hall–Kier alpha value is -3.61. The molecule has 2 aromatic carbocycles. The molecule has 3 aromatic rings.